The van der Waals surface area contributed by atoms with E-state index in [1.165, 1.54) is 0 Å². The lowest BCUT2D eigenvalue weighted by Crippen LogP contribution is -2.47. The Morgan fingerprint density at radius 3 is 2.73 bits per heavy atom. The molecule has 2 aliphatic heterocycles. The number of fused-ring (bicyclic) bond motifs is 1. The van der Waals surface area contributed by atoms with Gasteiger partial charge >= 0.3 is 0 Å². The topological polar surface area (TPSA) is 40.6 Å². The molecule has 1 unspecified atom stereocenters. The maximum Gasteiger partial charge on any atom is 0.248 e. The summed E-state index contributed by atoms with van der Waals surface area (Å²) in [5.74, 6) is 1.21. The highest BCUT2D eigenvalue weighted by molar-refractivity contribution is 7.99. The zero-order valence-corrected chi connectivity index (χ0v) is 16.6. The van der Waals surface area contributed by atoms with E-state index >= 15 is 0 Å². The van der Waals surface area contributed by atoms with Gasteiger partial charge in [-0.3, -0.25) is 9.59 Å². The molecule has 2 aliphatic rings. The number of nitrogens with zero attached hydrogens (tertiary/aromatic N) is 2. The monoisotopic (exact) mass is 406 g/mol. The van der Waals surface area contributed by atoms with Crippen molar-refractivity contribution in [2.24, 2.45) is 0 Å². The third-order valence-electron chi connectivity index (χ3n) is 4.81. The van der Waals surface area contributed by atoms with Crippen molar-refractivity contribution in [3.05, 3.63) is 40.2 Å². The van der Waals surface area contributed by atoms with Crippen LogP contribution in [0.2, 0.25) is 5.02 Å². The Hall–Kier alpha value is -1.50. The molecule has 7 heteroatoms. The number of hydrogen-bond acceptors (Lipinski definition) is 4. The fourth-order valence-electron chi connectivity index (χ4n) is 3.40. The number of thioether (sulfide) groups is 1. The number of benzene rings is 1. The van der Waals surface area contributed by atoms with Crippen LogP contribution in [0.4, 0.5) is 0 Å². The molecule has 0 bridgehead atoms. The van der Waals surface area contributed by atoms with Crippen LogP contribution in [-0.2, 0) is 9.59 Å². The maximum absolute atomic E-state index is 12.7. The summed E-state index contributed by atoms with van der Waals surface area (Å²) < 4.78 is 1.10. The molecule has 3 heterocycles. The van der Waals surface area contributed by atoms with Crippen LogP contribution < -0.4 is 0 Å². The van der Waals surface area contributed by atoms with E-state index < -0.39 is 0 Å². The fourth-order valence-corrected chi connectivity index (χ4v) is 5.95. The molecule has 0 aliphatic carbocycles. The Kier molecular flexibility index (Phi) is 5.25. The lowest BCUT2D eigenvalue weighted by molar-refractivity contribution is -0.140. The van der Waals surface area contributed by atoms with Crippen molar-refractivity contribution >= 4 is 62.7 Å². The van der Waals surface area contributed by atoms with Crippen LogP contribution in [0.1, 0.15) is 17.7 Å². The Bertz CT molecular complexity index is 874. The van der Waals surface area contributed by atoms with E-state index in [2.05, 4.69) is 0 Å². The van der Waals surface area contributed by atoms with E-state index in [1.807, 2.05) is 29.2 Å². The van der Waals surface area contributed by atoms with Gasteiger partial charge in [-0.2, -0.15) is 0 Å². The first-order valence-electron chi connectivity index (χ1n) is 8.67. The van der Waals surface area contributed by atoms with E-state index in [9.17, 15) is 9.59 Å². The molecule has 26 heavy (non-hydrogen) atoms. The van der Waals surface area contributed by atoms with E-state index in [-0.39, 0.29) is 17.9 Å². The summed E-state index contributed by atoms with van der Waals surface area (Å²) in [6, 6.07) is 7.59. The normalized spacial score (nSPS) is 20.6. The molecule has 4 rings (SSSR count). The molecule has 2 fully saturated rings. The molecule has 2 aromatic rings. The van der Waals surface area contributed by atoms with Gasteiger partial charge in [0.2, 0.25) is 11.8 Å². The van der Waals surface area contributed by atoms with Crippen LogP contribution in [0, 0.1) is 0 Å². The van der Waals surface area contributed by atoms with Gasteiger partial charge in [0, 0.05) is 39.9 Å². The molecule has 0 N–H and O–H groups in total. The molecule has 2 saturated heterocycles. The highest BCUT2D eigenvalue weighted by Gasteiger charge is 2.36. The Morgan fingerprint density at radius 2 is 1.96 bits per heavy atom. The summed E-state index contributed by atoms with van der Waals surface area (Å²) >= 11 is 9.64. The summed E-state index contributed by atoms with van der Waals surface area (Å²) in [7, 11) is 0. The number of likely N-dealkylation sites (tertiary alicyclic amines) is 1. The molecule has 136 valence electrons. The largest absolute Gasteiger partial charge is 0.341 e. The van der Waals surface area contributed by atoms with Gasteiger partial charge in [-0.1, -0.05) is 29.8 Å². The minimum atomic E-state index is -0.340. The van der Waals surface area contributed by atoms with Gasteiger partial charge in [-0.15, -0.1) is 23.1 Å². The van der Waals surface area contributed by atoms with E-state index in [1.54, 1.807) is 40.2 Å². The van der Waals surface area contributed by atoms with Crippen molar-refractivity contribution in [1.82, 2.24) is 9.80 Å². The van der Waals surface area contributed by atoms with Crippen LogP contribution in [0.15, 0.2) is 30.3 Å². The molecule has 1 atom stereocenters. The molecule has 1 aromatic heterocycles. The van der Waals surface area contributed by atoms with Gasteiger partial charge in [0.1, 0.15) is 6.04 Å². The predicted octanol–water partition coefficient (Wildman–Crippen LogP) is 4.09. The van der Waals surface area contributed by atoms with Crippen molar-refractivity contribution in [3.8, 4) is 0 Å². The highest BCUT2D eigenvalue weighted by Crippen LogP contribution is 2.36. The number of carbonyl (C=O) groups is 2. The van der Waals surface area contributed by atoms with Crippen LogP contribution in [0.25, 0.3) is 16.2 Å². The molecule has 2 amide bonds. The van der Waals surface area contributed by atoms with Crippen molar-refractivity contribution < 1.29 is 9.59 Å². The Balaban J connectivity index is 1.50. The molecule has 1 aromatic carbocycles. The van der Waals surface area contributed by atoms with E-state index in [4.69, 9.17) is 11.6 Å². The second-order valence-corrected chi connectivity index (χ2v) is 8.93. The number of thiophene rings is 1. The van der Waals surface area contributed by atoms with Gasteiger partial charge in [-0.25, -0.2) is 0 Å². The highest BCUT2D eigenvalue weighted by atomic mass is 35.5. The molecule has 0 radical (unpaired) electrons. The molecule has 4 nitrogen and oxygen atoms in total. The first-order chi connectivity index (χ1) is 12.6. The molecule has 0 saturated carbocycles. The van der Waals surface area contributed by atoms with Crippen molar-refractivity contribution in [3.63, 3.8) is 0 Å². The first kappa shape index (κ1) is 17.9. The number of hydrogen-bond donors (Lipinski definition) is 0. The van der Waals surface area contributed by atoms with E-state index in [0.717, 1.165) is 40.9 Å². The average Bonchev–Trinajstić information content (AvgIpc) is 3.40. The minimum absolute atomic E-state index is 0.0918. The second kappa shape index (κ2) is 7.62. The average molecular weight is 407 g/mol. The van der Waals surface area contributed by atoms with Crippen molar-refractivity contribution in [1.29, 1.82) is 0 Å². The Morgan fingerprint density at radius 1 is 1.19 bits per heavy atom. The third kappa shape index (κ3) is 3.38. The summed E-state index contributed by atoms with van der Waals surface area (Å²) in [4.78, 5) is 29.8. The zero-order chi connectivity index (χ0) is 18.1. The zero-order valence-electron chi connectivity index (χ0n) is 14.2. The van der Waals surface area contributed by atoms with Crippen LogP contribution >= 0.6 is 34.7 Å². The predicted molar refractivity (Wildman–Crippen MR) is 110 cm³/mol. The van der Waals surface area contributed by atoms with Crippen LogP contribution in [0.3, 0.4) is 0 Å². The van der Waals surface area contributed by atoms with Gasteiger partial charge in [0.05, 0.1) is 10.9 Å². The Labute approximate surface area is 165 Å². The molecular formula is C19H19ClN2O2S2. The maximum atomic E-state index is 12.7. The number of carbonyl (C=O) groups excluding carboxylic acids is 2. The summed E-state index contributed by atoms with van der Waals surface area (Å²) in [6.45, 7) is 1.63. The van der Waals surface area contributed by atoms with Gasteiger partial charge in [0.25, 0.3) is 0 Å². The standard InChI is InChI=1S/C19H19ClN2O2S2/c20-18-13-5-1-2-6-15(13)26-16(18)7-8-17(23)22-12-25-11-14(22)19(24)21-9-3-4-10-21/h1-2,5-8,14H,3-4,9-12H2. The van der Waals surface area contributed by atoms with Crippen LogP contribution in [0.5, 0.6) is 0 Å². The third-order valence-corrected chi connectivity index (χ3v) is 7.47. The fraction of sp³-hybridized carbons (Fsp3) is 0.368. The van der Waals surface area contributed by atoms with Gasteiger partial charge in [0.15, 0.2) is 0 Å². The van der Waals surface area contributed by atoms with Gasteiger partial charge < -0.3 is 9.80 Å². The SMILES string of the molecule is O=C(C1CSCN1C(=O)C=Cc1sc2ccccc2c1Cl)N1CCCC1. The molecular weight excluding hydrogens is 388 g/mol. The second-order valence-electron chi connectivity index (χ2n) is 6.47. The van der Waals surface area contributed by atoms with Crippen molar-refractivity contribution in [2.45, 2.75) is 18.9 Å². The summed E-state index contributed by atoms with van der Waals surface area (Å²) in [5, 5.41) is 1.68. The lowest BCUT2D eigenvalue weighted by Gasteiger charge is -2.26. The molecule has 0 spiro atoms. The van der Waals surface area contributed by atoms with E-state index in [0.29, 0.717) is 16.7 Å². The number of amides is 2. The number of rotatable bonds is 3. The van der Waals surface area contributed by atoms with Crippen molar-refractivity contribution in [2.75, 3.05) is 24.7 Å². The lowest BCUT2D eigenvalue weighted by atomic mass is 10.2. The summed E-state index contributed by atoms with van der Waals surface area (Å²) in [5.41, 5.74) is 0. The quantitative estimate of drug-likeness (QED) is 0.721. The smallest absolute Gasteiger partial charge is 0.248 e. The minimum Gasteiger partial charge on any atom is -0.341 e. The summed E-state index contributed by atoms with van der Waals surface area (Å²) in [6.07, 6.45) is 5.44. The van der Waals surface area contributed by atoms with Gasteiger partial charge in [-0.05, 0) is 25.0 Å². The first-order valence-corrected chi connectivity index (χ1v) is 11.0. The number of halogens is 1. The van der Waals surface area contributed by atoms with Crippen LogP contribution in [-0.4, -0.2) is 52.4 Å².